The minimum atomic E-state index is -1.03. The lowest BCUT2D eigenvalue weighted by Crippen LogP contribution is -2.33. The van der Waals surface area contributed by atoms with E-state index in [1.165, 1.54) is 25.7 Å². The van der Waals surface area contributed by atoms with E-state index in [9.17, 15) is 14.7 Å². The lowest BCUT2D eigenvalue weighted by molar-refractivity contribution is -0.142. The molecule has 122 valence electrons. The van der Waals surface area contributed by atoms with Crippen LogP contribution >= 0.6 is 0 Å². The van der Waals surface area contributed by atoms with E-state index >= 15 is 0 Å². The number of aliphatic carboxylic acids is 1. The Morgan fingerprint density at radius 3 is 2.18 bits per heavy atom. The van der Waals surface area contributed by atoms with Gasteiger partial charge in [-0.2, -0.15) is 0 Å². The predicted octanol–water partition coefficient (Wildman–Crippen LogP) is 4.07. The van der Waals surface area contributed by atoms with Gasteiger partial charge in [-0.05, 0) is 12.0 Å². The molecule has 0 aliphatic heterocycles. The molecule has 4 heteroatoms. The van der Waals surface area contributed by atoms with Crippen LogP contribution in [0.4, 0.5) is 0 Å². The van der Waals surface area contributed by atoms with Gasteiger partial charge in [-0.1, -0.05) is 75.8 Å². The second-order valence-electron chi connectivity index (χ2n) is 5.62. The lowest BCUT2D eigenvalue weighted by atomic mass is 10.1. The monoisotopic (exact) mass is 305 g/mol. The van der Waals surface area contributed by atoms with Crippen LogP contribution in [0.5, 0.6) is 0 Å². The third kappa shape index (κ3) is 7.25. The van der Waals surface area contributed by atoms with E-state index in [2.05, 4.69) is 12.2 Å². The Labute approximate surface area is 132 Å². The van der Waals surface area contributed by atoms with Crippen molar-refractivity contribution >= 4 is 11.9 Å². The molecule has 4 nitrogen and oxygen atoms in total. The Balaban J connectivity index is 2.29. The Hall–Kier alpha value is -1.84. The number of amides is 1. The van der Waals surface area contributed by atoms with Crippen LogP contribution in [-0.2, 0) is 9.59 Å². The molecule has 0 radical (unpaired) electrons. The Bertz CT molecular complexity index is 445. The van der Waals surface area contributed by atoms with Crippen LogP contribution in [0.2, 0.25) is 0 Å². The summed E-state index contributed by atoms with van der Waals surface area (Å²) in [6.07, 6.45) is 8.38. The first-order chi connectivity index (χ1) is 10.6. The highest BCUT2D eigenvalue weighted by molar-refractivity contribution is 5.84. The summed E-state index contributed by atoms with van der Waals surface area (Å²) in [6.45, 7) is 2.19. The van der Waals surface area contributed by atoms with Gasteiger partial charge in [-0.15, -0.1) is 0 Å². The van der Waals surface area contributed by atoms with Crippen molar-refractivity contribution in [3.8, 4) is 0 Å². The second-order valence-corrected chi connectivity index (χ2v) is 5.62. The molecule has 1 amide bonds. The molecule has 1 rings (SSSR count). The molecule has 0 saturated heterocycles. The maximum Gasteiger partial charge on any atom is 0.330 e. The molecule has 1 aromatic rings. The number of hydrogen-bond donors (Lipinski definition) is 2. The topological polar surface area (TPSA) is 66.4 Å². The number of carboxylic acids is 1. The van der Waals surface area contributed by atoms with E-state index in [4.69, 9.17) is 0 Å². The van der Waals surface area contributed by atoms with Gasteiger partial charge in [0.05, 0.1) is 0 Å². The van der Waals surface area contributed by atoms with Gasteiger partial charge in [0.25, 0.3) is 0 Å². The van der Waals surface area contributed by atoms with Crippen LogP contribution in [-0.4, -0.2) is 17.0 Å². The fourth-order valence-corrected chi connectivity index (χ4v) is 2.41. The zero-order chi connectivity index (χ0) is 16.2. The van der Waals surface area contributed by atoms with E-state index in [-0.39, 0.29) is 5.91 Å². The molecular formula is C18H27NO3. The highest BCUT2D eigenvalue weighted by Gasteiger charge is 2.21. The summed E-state index contributed by atoms with van der Waals surface area (Å²) < 4.78 is 0. The minimum absolute atomic E-state index is 0.190. The number of unbranched alkanes of at least 4 members (excludes halogenated alkanes) is 6. The molecule has 0 aliphatic carbocycles. The molecule has 0 bridgehead atoms. The number of nitrogens with one attached hydrogen (secondary N) is 1. The number of benzene rings is 1. The number of carbonyl (C=O) groups is 2. The molecule has 0 saturated carbocycles. The van der Waals surface area contributed by atoms with Crippen LogP contribution in [0, 0.1) is 0 Å². The zero-order valence-corrected chi connectivity index (χ0v) is 13.4. The number of hydrogen-bond acceptors (Lipinski definition) is 2. The van der Waals surface area contributed by atoms with E-state index in [1.54, 1.807) is 24.3 Å². The van der Waals surface area contributed by atoms with Gasteiger partial charge in [0.1, 0.15) is 0 Å². The normalized spacial score (nSPS) is 11.9. The van der Waals surface area contributed by atoms with Crippen molar-refractivity contribution in [3.63, 3.8) is 0 Å². The van der Waals surface area contributed by atoms with Gasteiger partial charge in [0.15, 0.2) is 6.04 Å². The summed E-state index contributed by atoms with van der Waals surface area (Å²) in [5.74, 6) is -1.22. The van der Waals surface area contributed by atoms with Crippen molar-refractivity contribution in [1.82, 2.24) is 5.32 Å². The molecule has 0 unspecified atom stereocenters. The molecule has 1 atom stereocenters. The summed E-state index contributed by atoms with van der Waals surface area (Å²) in [5.41, 5.74) is 0.600. The molecule has 0 aromatic heterocycles. The molecule has 2 N–H and O–H groups in total. The molecular weight excluding hydrogens is 278 g/mol. The van der Waals surface area contributed by atoms with Crippen LogP contribution in [0.3, 0.4) is 0 Å². The lowest BCUT2D eigenvalue weighted by Gasteiger charge is -2.14. The van der Waals surface area contributed by atoms with E-state index in [0.29, 0.717) is 12.0 Å². The average molecular weight is 305 g/mol. The first kappa shape index (κ1) is 18.2. The highest BCUT2D eigenvalue weighted by atomic mass is 16.4. The fourth-order valence-electron chi connectivity index (χ4n) is 2.41. The van der Waals surface area contributed by atoms with Gasteiger partial charge < -0.3 is 10.4 Å². The van der Waals surface area contributed by atoms with E-state index in [1.807, 2.05) is 6.07 Å². The van der Waals surface area contributed by atoms with Gasteiger partial charge in [0.2, 0.25) is 5.91 Å². The first-order valence-corrected chi connectivity index (χ1v) is 8.22. The van der Waals surface area contributed by atoms with Crippen LogP contribution in [0.1, 0.15) is 69.9 Å². The third-order valence-electron chi connectivity index (χ3n) is 3.69. The second kappa shape index (κ2) is 10.8. The summed E-state index contributed by atoms with van der Waals surface area (Å²) in [6, 6.07) is 7.84. The number of rotatable bonds is 11. The molecule has 0 heterocycles. The standard InChI is InChI=1S/C18H27NO3/c1-2-3-4-5-6-7-11-14-16(20)19-17(18(21)22)15-12-9-8-10-13-15/h8-10,12-13,17H,2-7,11,14H2,1H3,(H,19,20)(H,21,22)/t17-/m1/s1. The van der Waals surface area contributed by atoms with Crippen molar-refractivity contribution < 1.29 is 14.7 Å². The maximum absolute atomic E-state index is 11.9. The quantitative estimate of drug-likeness (QED) is 0.606. The fraction of sp³-hybridized carbons (Fsp3) is 0.556. The van der Waals surface area contributed by atoms with E-state index < -0.39 is 12.0 Å². The zero-order valence-electron chi connectivity index (χ0n) is 13.4. The highest BCUT2D eigenvalue weighted by Crippen LogP contribution is 2.14. The van der Waals surface area contributed by atoms with Crippen LogP contribution < -0.4 is 5.32 Å². The van der Waals surface area contributed by atoms with Crippen molar-refractivity contribution in [3.05, 3.63) is 35.9 Å². The van der Waals surface area contributed by atoms with Gasteiger partial charge in [-0.3, -0.25) is 4.79 Å². The Morgan fingerprint density at radius 2 is 1.59 bits per heavy atom. The van der Waals surface area contributed by atoms with Crippen molar-refractivity contribution in [2.45, 2.75) is 64.3 Å². The number of carboxylic acid groups (broad SMARTS) is 1. The molecule has 0 fully saturated rings. The van der Waals surface area contributed by atoms with E-state index in [0.717, 1.165) is 19.3 Å². The smallest absolute Gasteiger partial charge is 0.330 e. The van der Waals surface area contributed by atoms with Gasteiger partial charge >= 0.3 is 5.97 Å². The van der Waals surface area contributed by atoms with Crippen LogP contribution in [0.25, 0.3) is 0 Å². The minimum Gasteiger partial charge on any atom is -0.479 e. The summed E-state index contributed by atoms with van der Waals surface area (Å²) >= 11 is 0. The van der Waals surface area contributed by atoms with Gasteiger partial charge in [-0.25, -0.2) is 4.79 Å². The van der Waals surface area contributed by atoms with Crippen molar-refractivity contribution in [2.75, 3.05) is 0 Å². The summed E-state index contributed by atoms with van der Waals surface area (Å²) in [5, 5.41) is 11.9. The first-order valence-electron chi connectivity index (χ1n) is 8.22. The Morgan fingerprint density at radius 1 is 1.00 bits per heavy atom. The van der Waals surface area contributed by atoms with Crippen molar-refractivity contribution in [2.24, 2.45) is 0 Å². The largest absolute Gasteiger partial charge is 0.479 e. The Kier molecular flexibility index (Phi) is 8.96. The third-order valence-corrected chi connectivity index (χ3v) is 3.69. The van der Waals surface area contributed by atoms with Crippen molar-refractivity contribution in [1.29, 1.82) is 0 Å². The molecule has 1 aromatic carbocycles. The van der Waals surface area contributed by atoms with Gasteiger partial charge in [0, 0.05) is 6.42 Å². The van der Waals surface area contributed by atoms with Crippen LogP contribution in [0.15, 0.2) is 30.3 Å². The predicted molar refractivity (Wildman–Crippen MR) is 87.6 cm³/mol. The molecule has 0 spiro atoms. The number of carbonyl (C=O) groups excluding carboxylic acids is 1. The molecule has 0 aliphatic rings. The molecule has 22 heavy (non-hydrogen) atoms. The SMILES string of the molecule is CCCCCCCCCC(=O)N[C@@H](C(=O)O)c1ccccc1. The summed E-state index contributed by atoms with van der Waals surface area (Å²) in [7, 11) is 0. The summed E-state index contributed by atoms with van der Waals surface area (Å²) in [4.78, 5) is 23.2. The maximum atomic E-state index is 11.9. The average Bonchev–Trinajstić information content (AvgIpc) is 2.52.